The monoisotopic (exact) mass is 301 g/mol. The van der Waals surface area contributed by atoms with E-state index in [1.54, 1.807) is 0 Å². The zero-order chi connectivity index (χ0) is 15.8. The van der Waals surface area contributed by atoms with Crippen molar-refractivity contribution in [2.75, 3.05) is 0 Å². The van der Waals surface area contributed by atoms with Gasteiger partial charge in [-0.25, -0.2) is 4.79 Å². The third kappa shape index (κ3) is 3.10. The topological polar surface area (TPSA) is 46.5 Å². The molecule has 4 heteroatoms. The van der Waals surface area contributed by atoms with Gasteiger partial charge < -0.3 is 9.53 Å². The maximum absolute atomic E-state index is 11.8. The van der Waals surface area contributed by atoms with Gasteiger partial charge in [-0.3, -0.25) is 0 Å². The van der Waals surface area contributed by atoms with Gasteiger partial charge in [0.25, 0.3) is 9.04 Å². The smallest absolute Gasteiger partial charge is 0.339 e. The van der Waals surface area contributed by atoms with Crippen LogP contribution in [0.1, 0.15) is 36.7 Å². The zero-order valence-corrected chi connectivity index (χ0v) is 14.2. The Morgan fingerprint density at radius 1 is 1.19 bits per heavy atom. The zero-order valence-electron chi connectivity index (χ0n) is 13.2. The maximum atomic E-state index is 11.8. The fourth-order valence-corrected chi connectivity index (χ4v) is 3.05. The van der Waals surface area contributed by atoms with Gasteiger partial charge in [-0.05, 0) is 35.5 Å². The van der Waals surface area contributed by atoms with Gasteiger partial charge in [0.2, 0.25) is 0 Å². The quantitative estimate of drug-likeness (QED) is 0.851. The van der Waals surface area contributed by atoms with Crippen molar-refractivity contribution in [2.24, 2.45) is 0 Å². The molecule has 2 aromatic carbocycles. The molecule has 0 amide bonds. The van der Waals surface area contributed by atoms with Crippen LogP contribution in [0.15, 0.2) is 30.3 Å². The van der Waals surface area contributed by atoms with E-state index >= 15 is 0 Å². The molecule has 0 atom stereocenters. The van der Waals surface area contributed by atoms with Crippen molar-refractivity contribution in [1.82, 2.24) is 0 Å². The largest absolute Gasteiger partial charge is 0.542 e. The highest BCUT2D eigenvalue weighted by atomic mass is 28.3. The van der Waals surface area contributed by atoms with Crippen LogP contribution < -0.4 is 4.43 Å². The van der Waals surface area contributed by atoms with Crippen LogP contribution in [-0.2, 0) is 5.41 Å². The van der Waals surface area contributed by atoms with Crippen molar-refractivity contribution in [3.63, 3.8) is 0 Å². The molecule has 1 N–H and O–H groups in total. The van der Waals surface area contributed by atoms with Crippen molar-refractivity contribution < 1.29 is 14.3 Å². The standard InChI is InChI=1S/C17H21O3Si/c1-17(2,3)13-10-11-8-6-7-9-12(11)15(20-21(4)5)14(13)16(18)19/h6-10H,1-5H3,(H,18,19). The van der Waals surface area contributed by atoms with Crippen LogP contribution in [0.3, 0.4) is 0 Å². The van der Waals surface area contributed by atoms with Crippen LogP contribution in [0, 0.1) is 0 Å². The van der Waals surface area contributed by atoms with Crippen LogP contribution >= 0.6 is 0 Å². The lowest BCUT2D eigenvalue weighted by Crippen LogP contribution is -2.21. The van der Waals surface area contributed by atoms with Crippen molar-refractivity contribution in [3.8, 4) is 5.75 Å². The highest BCUT2D eigenvalue weighted by molar-refractivity contribution is 6.49. The van der Waals surface area contributed by atoms with Crippen LogP contribution in [0.4, 0.5) is 0 Å². The van der Waals surface area contributed by atoms with Gasteiger partial charge >= 0.3 is 5.97 Å². The lowest BCUT2D eigenvalue weighted by atomic mass is 9.82. The van der Waals surface area contributed by atoms with Crippen LogP contribution in [0.25, 0.3) is 10.8 Å². The molecule has 0 bridgehead atoms. The molecule has 21 heavy (non-hydrogen) atoms. The van der Waals surface area contributed by atoms with Crippen molar-refractivity contribution >= 4 is 25.8 Å². The minimum Gasteiger partial charge on any atom is -0.542 e. The summed E-state index contributed by atoms with van der Waals surface area (Å²) in [5.41, 5.74) is 0.851. The molecule has 3 nitrogen and oxygen atoms in total. The second-order valence-electron chi connectivity index (χ2n) is 6.41. The summed E-state index contributed by atoms with van der Waals surface area (Å²) in [4.78, 5) is 11.8. The lowest BCUT2D eigenvalue weighted by Gasteiger charge is -2.25. The molecule has 0 heterocycles. The van der Waals surface area contributed by atoms with Gasteiger partial charge in [-0.15, -0.1) is 0 Å². The highest BCUT2D eigenvalue weighted by Gasteiger charge is 2.27. The summed E-state index contributed by atoms with van der Waals surface area (Å²) in [6.07, 6.45) is 0. The first-order chi connectivity index (χ1) is 9.71. The summed E-state index contributed by atoms with van der Waals surface area (Å²) >= 11 is 0. The Balaban J connectivity index is 2.91. The number of carbonyl (C=O) groups is 1. The number of hydrogen-bond donors (Lipinski definition) is 1. The number of fused-ring (bicyclic) bond motifs is 1. The van der Waals surface area contributed by atoms with Gasteiger partial charge in [0.15, 0.2) is 0 Å². The molecular weight excluding hydrogens is 280 g/mol. The molecule has 0 unspecified atom stereocenters. The SMILES string of the molecule is C[Si](C)Oc1c(C(=O)O)c(C(C)(C)C)cc2ccccc12. The number of carboxylic acid groups (broad SMARTS) is 1. The summed E-state index contributed by atoms with van der Waals surface area (Å²) < 4.78 is 5.98. The molecule has 0 aliphatic carbocycles. The molecule has 0 spiro atoms. The first-order valence-electron chi connectivity index (χ1n) is 6.99. The van der Waals surface area contributed by atoms with E-state index in [4.69, 9.17) is 4.43 Å². The predicted octanol–water partition coefficient (Wildman–Crippen LogP) is 4.47. The summed E-state index contributed by atoms with van der Waals surface area (Å²) in [6, 6.07) is 9.77. The Bertz CT molecular complexity index is 684. The van der Waals surface area contributed by atoms with E-state index in [9.17, 15) is 9.90 Å². The Morgan fingerprint density at radius 2 is 1.81 bits per heavy atom. The molecule has 0 saturated heterocycles. The van der Waals surface area contributed by atoms with E-state index in [2.05, 4.69) is 0 Å². The third-order valence-electron chi connectivity index (χ3n) is 3.33. The van der Waals surface area contributed by atoms with Crippen LogP contribution in [0.5, 0.6) is 5.75 Å². The van der Waals surface area contributed by atoms with Crippen LogP contribution in [0.2, 0.25) is 13.1 Å². The Hall–Kier alpha value is -1.81. The average molecular weight is 301 g/mol. The van der Waals surface area contributed by atoms with Gasteiger partial charge in [-0.2, -0.15) is 0 Å². The number of hydrogen-bond acceptors (Lipinski definition) is 2. The molecule has 0 fully saturated rings. The summed E-state index contributed by atoms with van der Waals surface area (Å²) in [5.74, 6) is -0.409. The summed E-state index contributed by atoms with van der Waals surface area (Å²) in [7, 11) is -1.06. The Labute approximate surface area is 127 Å². The molecule has 1 radical (unpaired) electrons. The predicted molar refractivity (Wildman–Crippen MR) is 87.7 cm³/mol. The number of aromatic carboxylic acids is 1. The van der Waals surface area contributed by atoms with E-state index in [0.29, 0.717) is 11.3 Å². The van der Waals surface area contributed by atoms with E-state index < -0.39 is 15.0 Å². The van der Waals surface area contributed by atoms with Gasteiger partial charge in [0.1, 0.15) is 11.3 Å². The number of rotatable bonds is 3. The second-order valence-corrected chi connectivity index (χ2v) is 8.44. The van der Waals surface area contributed by atoms with Gasteiger partial charge in [0, 0.05) is 5.39 Å². The molecular formula is C17H21O3Si. The summed E-state index contributed by atoms with van der Waals surface area (Å²) in [6.45, 7) is 10.1. The maximum Gasteiger partial charge on any atom is 0.339 e. The lowest BCUT2D eigenvalue weighted by molar-refractivity contribution is 0.0692. The fraction of sp³-hybridized carbons (Fsp3) is 0.353. The molecule has 0 aromatic heterocycles. The van der Waals surface area contributed by atoms with E-state index in [-0.39, 0.29) is 5.41 Å². The first-order valence-corrected chi connectivity index (χ1v) is 9.40. The fourth-order valence-electron chi connectivity index (χ4n) is 2.43. The second kappa shape index (κ2) is 5.52. The molecule has 111 valence electrons. The molecule has 0 aliphatic rings. The highest BCUT2D eigenvalue weighted by Crippen LogP contribution is 2.38. The molecule has 2 rings (SSSR count). The van der Waals surface area contributed by atoms with Gasteiger partial charge in [0.05, 0.1) is 0 Å². The third-order valence-corrected chi connectivity index (χ3v) is 3.94. The van der Waals surface area contributed by atoms with Crippen molar-refractivity contribution in [1.29, 1.82) is 0 Å². The normalized spacial score (nSPS) is 11.9. The minimum atomic E-state index is -1.06. The number of benzene rings is 2. The first kappa shape index (κ1) is 15.6. The van der Waals surface area contributed by atoms with Crippen molar-refractivity contribution in [2.45, 2.75) is 39.3 Å². The average Bonchev–Trinajstić information content (AvgIpc) is 2.36. The molecule has 0 aliphatic heterocycles. The summed E-state index contributed by atoms with van der Waals surface area (Å²) in [5, 5.41) is 11.6. The Kier molecular flexibility index (Phi) is 4.10. The Morgan fingerprint density at radius 3 is 2.33 bits per heavy atom. The van der Waals surface area contributed by atoms with Crippen LogP contribution in [-0.4, -0.2) is 20.1 Å². The van der Waals surface area contributed by atoms with Gasteiger partial charge in [-0.1, -0.05) is 45.0 Å². The van der Waals surface area contributed by atoms with Crippen molar-refractivity contribution in [3.05, 3.63) is 41.5 Å². The minimum absolute atomic E-state index is 0.260. The van der Waals surface area contributed by atoms with E-state index in [1.165, 1.54) is 0 Å². The van der Waals surface area contributed by atoms with E-state index in [0.717, 1.165) is 16.3 Å². The molecule has 0 saturated carbocycles. The molecule has 2 aromatic rings. The van der Waals surface area contributed by atoms with E-state index in [1.807, 2.05) is 64.2 Å². The number of carboxylic acids is 1.